The minimum atomic E-state index is -1.26. The van der Waals surface area contributed by atoms with Crippen molar-refractivity contribution < 1.29 is 23.5 Å². The molecule has 20 heavy (non-hydrogen) atoms. The molecule has 7 heteroatoms. The second-order valence-corrected chi connectivity index (χ2v) is 3.80. The zero-order valence-electron chi connectivity index (χ0n) is 9.93. The molecule has 1 amide bonds. The monoisotopic (exact) mass is 278 g/mol. The number of pyridine rings is 1. The first kappa shape index (κ1) is 13.6. The van der Waals surface area contributed by atoms with Gasteiger partial charge in [0.25, 0.3) is 5.91 Å². The van der Waals surface area contributed by atoms with E-state index in [2.05, 4.69) is 10.3 Å². The third-order valence-electron chi connectivity index (χ3n) is 2.48. The van der Waals surface area contributed by atoms with E-state index in [4.69, 9.17) is 5.11 Å². The number of amides is 1. The number of carboxylic acid groups (broad SMARTS) is 1. The first-order valence-corrected chi connectivity index (χ1v) is 5.42. The van der Waals surface area contributed by atoms with E-state index >= 15 is 0 Å². The van der Waals surface area contributed by atoms with Crippen molar-refractivity contribution in [3.8, 4) is 0 Å². The van der Waals surface area contributed by atoms with Crippen LogP contribution in [0, 0.1) is 11.6 Å². The molecule has 2 aromatic rings. The number of carboxylic acids is 1. The largest absolute Gasteiger partial charge is 0.478 e. The van der Waals surface area contributed by atoms with Crippen molar-refractivity contribution in [2.75, 3.05) is 5.32 Å². The Morgan fingerprint density at radius 3 is 2.55 bits per heavy atom. The Morgan fingerprint density at radius 2 is 1.90 bits per heavy atom. The van der Waals surface area contributed by atoms with Gasteiger partial charge in [0, 0.05) is 12.3 Å². The Balaban J connectivity index is 2.30. The Kier molecular flexibility index (Phi) is 3.69. The molecule has 0 aliphatic heterocycles. The Hall–Kier alpha value is -2.83. The minimum Gasteiger partial charge on any atom is -0.478 e. The molecule has 2 rings (SSSR count). The molecule has 0 saturated heterocycles. The van der Waals surface area contributed by atoms with Crippen molar-refractivity contribution in [2.24, 2.45) is 0 Å². The molecule has 0 spiro atoms. The standard InChI is InChI=1S/C13H8F2N2O3/c14-7-1-2-8(10(15)5-7)12(18)17-11-6-16-4-3-9(11)13(19)20/h1-6H,(H,17,18)(H,19,20). The van der Waals surface area contributed by atoms with Gasteiger partial charge in [-0.3, -0.25) is 9.78 Å². The molecule has 5 nitrogen and oxygen atoms in total. The van der Waals surface area contributed by atoms with Crippen LogP contribution in [0.15, 0.2) is 36.7 Å². The lowest BCUT2D eigenvalue weighted by atomic mass is 10.1. The van der Waals surface area contributed by atoms with Gasteiger partial charge in [-0.2, -0.15) is 0 Å². The van der Waals surface area contributed by atoms with E-state index in [-0.39, 0.29) is 11.3 Å². The molecule has 0 aliphatic rings. The first-order valence-electron chi connectivity index (χ1n) is 5.42. The number of aromatic nitrogens is 1. The molecule has 1 heterocycles. The summed E-state index contributed by atoms with van der Waals surface area (Å²) in [4.78, 5) is 26.5. The summed E-state index contributed by atoms with van der Waals surface area (Å²) in [5.74, 6) is -4.00. The van der Waals surface area contributed by atoms with Crippen LogP contribution in [0.4, 0.5) is 14.5 Å². The fraction of sp³-hybridized carbons (Fsp3) is 0. The SMILES string of the molecule is O=C(Nc1cnccc1C(=O)O)c1ccc(F)cc1F. The third kappa shape index (κ3) is 2.77. The number of halogens is 2. The lowest BCUT2D eigenvalue weighted by Crippen LogP contribution is -2.16. The quantitative estimate of drug-likeness (QED) is 0.903. The van der Waals surface area contributed by atoms with Crippen molar-refractivity contribution in [1.29, 1.82) is 0 Å². The van der Waals surface area contributed by atoms with Gasteiger partial charge in [-0.15, -0.1) is 0 Å². The van der Waals surface area contributed by atoms with Gasteiger partial charge in [-0.25, -0.2) is 13.6 Å². The summed E-state index contributed by atoms with van der Waals surface area (Å²) in [6, 6.07) is 3.66. The normalized spacial score (nSPS) is 10.1. The second-order valence-electron chi connectivity index (χ2n) is 3.80. The van der Waals surface area contributed by atoms with Crippen LogP contribution in [0.2, 0.25) is 0 Å². The number of carbonyl (C=O) groups excluding carboxylic acids is 1. The second kappa shape index (κ2) is 5.43. The Bertz CT molecular complexity index is 689. The molecule has 2 N–H and O–H groups in total. The summed E-state index contributed by atoms with van der Waals surface area (Å²) < 4.78 is 26.2. The summed E-state index contributed by atoms with van der Waals surface area (Å²) in [6.07, 6.45) is 2.38. The fourth-order valence-corrected chi connectivity index (χ4v) is 1.54. The van der Waals surface area contributed by atoms with Crippen LogP contribution in [-0.4, -0.2) is 22.0 Å². The number of nitrogens with zero attached hydrogens (tertiary/aromatic N) is 1. The van der Waals surface area contributed by atoms with Crippen LogP contribution in [0.3, 0.4) is 0 Å². The molecule has 0 fully saturated rings. The highest BCUT2D eigenvalue weighted by molar-refractivity contribution is 6.07. The summed E-state index contributed by atoms with van der Waals surface area (Å²) >= 11 is 0. The number of hydrogen-bond acceptors (Lipinski definition) is 3. The smallest absolute Gasteiger partial charge is 0.337 e. The Labute approximate surface area is 111 Å². The van der Waals surface area contributed by atoms with Crippen molar-refractivity contribution in [2.45, 2.75) is 0 Å². The summed E-state index contributed by atoms with van der Waals surface area (Å²) in [6.45, 7) is 0. The van der Waals surface area contributed by atoms with E-state index in [0.29, 0.717) is 6.07 Å². The highest BCUT2D eigenvalue weighted by atomic mass is 19.1. The van der Waals surface area contributed by atoms with Gasteiger partial charge in [0.2, 0.25) is 0 Å². The van der Waals surface area contributed by atoms with Gasteiger partial charge < -0.3 is 10.4 Å². The van der Waals surface area contributed by atoms with E-state index in [1.54, 1.807) is 0 Å². The van der Waals surface area contributed by atoms with E-state index in [1.165, 1.54) is 12.3 Å². The van der Waals surface area contributed by atoms with Crippen LogP contribution in [0.25, 0.3) is 0 Å². The maximum Gasteiger partial charge on any atom is 0.337 e. The molecule has 0 radical (unpaired) electrons. The minimum absolute atomic E-state index is 0.0753. The van der Waals surface area contributed by atoms with Gasteiger partial charge in [-0.1, -0.05) is 0 Å². The molecule has 0 saturated carbocycles. The van der Waals surface area contributed by atoms with Gasteiger partial charge in [0.1, 0.15) is 11.6 Å². The number of nitrogens with one attached hydrogen (secondary N) is 1. The molecule has 1 aromatic heterocycles. The van der Waals surface area contributed by atoms with Crippen LogP contribution in [0.1, 0.15) is 20.7 Å². The highest BCUT2D eigenvalue weighted by Gasteiger charge is 2.16. The van der Waals surface area contributed by atoms with E-state index in [1.807, 2.05) is 0 Å². The van der Waals surface area contributed by atoms with Gasteiger partial charge in [0.05, 0.1) is 23.0 Å². The van der Waals surface area contributed by atoms with E-state index < -0.39 is 29.1 Å². The topological polar surface area (TPSA) is 79.3 Å². The predicted molar refractivity (Wildman–Crippen MR) is 65.5 cm³/mol. The lowest BCUT2D eigenvalue weighted by Gasteiger charge is -2.08. The average Bonchev–Trinajstić information content (AvgIpc) is 2.38. The van der Waals surface area contributed by atoms with Crippen LogP contribution in [-0.2, 0) is 0 Å². The fourth-order valence-electron chi connectivity index (χ4n) is 1.54. The number of carbonyl (C=O) groups is 2. The van der Waals surface area contributed by atoms with Crippen molar-refractivity contribution in [3.05, 3.63) is 59.4 Å². The van der Waals surface area contributed by atoms with Crippen LogP contribution < -0.4 is 5.32 Å². The molecule has 102 valence electrons. The van der Waals surface area contributed by atoms with Gasteiger partial charge >= 0.3 is 5.97 Å². The number of aromatic carboxylic acids is 1. The van der Waals surface area contributed by atoms with Crippen LogP contribution in [0.5, 0.6) is 0 Å². The number of benzene rings is 1. The lowest BCUT2D eigenvalue weighted by molar-refractivity contribution is 0.0698. The summed E-state index contributed by atoms with van der Waals surface area (Å²) in [7, 11) is 0. The molecular formula is C13H8F2N2O3. The van der Waals surface area contributed by atoms with Gasteiger partial charge in [0.15, 0.2) is 0 Å². The zero-order chi connectivity index (χ0) is 14.7. The van der Waals surface area contributed by atoms with Crippen molar-refractivity contribution >= 4 is 17.6 Å². The molecule has 0 atom stereocenters. The zero-order valence-corrected chi connectivity index (χ0v) is 9.93. The van der Waals surface area contributed by atoms with Crippen molar-refractivity contribution in [3.63, 3.8) is 0 Å². The first-order chi connectivity index (χ1) is 9.49. The van der Waals surface area contributed by atoms with E-state index in [0.717, 1.165) is 18.3 Å². The molecule has 0 bridgehead atoms. The third-order valence-corrected chi connectivity index (χ3v) is 2.48. The maximum atomic E-state index is 13.4. The molecule has 0 aliphatic carbocycles. The Morgan fingerprint density at radius 1 is 1.15 bits per heavy atom. The predicted octanol–water partition coefficient (Wildman–Crippen LogP) is 2.31. The average molecular weight is 278 g/mol. The summed E-state index contributed by atoms with van der Waals surface area (Å²) in [5, 5.41) is 11.2. The molecule has 1 aromatic carbocycles. The maximum absolute atomic E-state index is 13.4. The highest BCUT2D eigenvalue weighted by Crippen LogP contribution is 2.16. The van der Waals surface area contributed by atoms with Gasteiger partial charge in [-0.05, 0) is 18.2 Å². The number of rotatable bonds is 3. The molecular weight excluding hydrogens is 270 g/mol. The van der Waals surface area contributed by atoms with E-state index in [9.17, 15) is 18.4 Å². The number of hydrogen-bond donors (Lipinski definition) is 2. The van der Waals surface area contributed by atoms with Crippen LogP contribution >= 0.6 is 0 Å². The van der Waals surface area contributed by atoms with Crippen molar-refractivity contribution in [1.82, 2.24) is 4.98 Å². The summed E-state index contributed by atoms with van der Waals surface area (Å²) in [5.41, 5.74) is -0.656. The number of anilines is 1. The molecule has 0 unspecified atom stereocenters.